The number of rotatable bonds is 7. The summed E-state index contributed by atoms with van der Waals surface area (Å²) >= 11 is 0. The number of carbonyl (C=O) groups excluding carboxylic acids is 2. The number of benzene rings is 2. The van der Waals surface area contributed by atoms with Crippen LogP contribution in [0.2, 0.25) is 0 Å². The Bertz CT molecular complexity index is 1080. The van der Waals surface area contributed by atoms with Gasteiger partial charge in [-0.05, 0) is 31.5 Å². The van der Waals surface area contributed by atoms with Crippen molar-refractivity contribution in [2.24, 2.45) is 0 Å². The molecule has 0 radical (unpaired) electrons. The molecule has 0 amide bonds. The van der Waals surface area contributed by atoms with E-state index in [1.54, 1.807) is 19.9 Å². The van der Waals surface area contributed by atoms with Crippen LogP contribution in [0.25, 0.3) is 0 Å². The zero-order valence-corrected chi connectivity index (χ0v) is 18.8. The average molecular weight is 488 g/mol. The lowest BCUT2D eigenvalue weighted by atomic mass is 10.0. The van der Waals surface area contributed by atoms with Crippen LogP contribution in [0.4, 0.5) is 15.8 Å². The third kappa shape index (κ3) is 12.1. The number of nitriles is 2. The second-order valence-corrected chi connectivity index (χ2v) is 6.04. The molecule has 184 valence electrons. The van der Waals surface area contributed by atoms with Crippen molar-refractivity contribution < 1.29 is 33.3 Å². The highest BCUT2D eigenvalue weighted by Crippen LogP contribution is 2.20. The van der Waals surface area contributed by atoms with Crippen LogP contribution in [-0.4, -0.2) is 35.0 Å². The molecule has 0 fully saturated rings. The van der Waals surface area contributed by atoms with Gasteiger partial charge in [0, 0.05) is 24.3 Å². The number of ether oxygens (including phenoxy) is 2. The van der Waals surface area contributed by atoms with Crippen LogP contribution in [0.1, 0.15) is 31.7 Å². The lowest BCUT2D eigenvalue weighted by Crippen LogP contribution is -2.14. The fourth-order valence-electron chi connectivity index (χ4n) is 2.12. The second kappa shape index (κ2) is 16.7. The Labute approximate surface area is 199 Å². The van der Waals surface area contributed by atoms with E-state index in [1.807, 2.05) is 6.07 Å². The number of halogens is 1. The van der Waals surface area contributed by atoms with Gasteiger partial charge in [0.05, 0.1) is 35.2 Å². The summed E-state index contributed by atoms with van der Waals surface area (Å²) < 4.78 is 21.3. The summed E-state index contributed by atoms with van der Waals surface area (Å²) in [6, 6.07) is 13.1. The van der Waals surface area contributed by atoms with E-state index in [0.29, 0.717) is 12.2 Å². The number of carbonyl (C=O) groups is 2. The van der Waals surface area contributed by atoms with Crippen molar-refractivity contribution in [2.75, 3.05) is 13.2 Å². The molecule has 1 atom stereocenters. The van der Waals surface area contributed by atoms with Gasteiger partial charge in [-0.15, -0.1) is 0 Å². The minimum Gasteiger partial charge on any atom is -0.465 e. The maximum absolute atomic E-state index is 12.1. The highest BCUT2D eigenvalue weighted by atomic mass is 19.1. The number of non-ortho nitro benzene ring substituents is 2. The number of nitro benzene ring substituents is 2. The average Bonchev–Trinajstić information content (AvgIpc) is 2.81. The molecule has 2 rings (SSSR count). The van der Waals surface area contributed by atoms with Crippen LogP contribution in [0.5, 0.6) is 0 Å². The second-order valence-electron chi connectivity index (χ2n) is 6.04. The molecule has 1 unspecified atom stereocenters. The van der Waals surface area contributed by atoms with Gasteiger partial charge in [-0.25, -0.2) is 4.39 Å². The molecule has 12 nitrogen and oxygen atoms in total. The van der Waals surface area contributed by atoms with Gasteiger partial charge in [0.1, 0.15) is 12.2 Å². The lowest BCUT2D eigenvalue weighted by Gasteiger charge is -2.07. The minimum atomic E-state index is -1.05. The number of esters is 2. The summed E-state index contributed by atoms with van der Waals surface area (Å²) in [5.41, 5.74) is 0.201. The lowest BCUT2D eigenvalue weighted by molar-refractivity contribution is -0.385. The molecule has 0 spiro atoms. The Hall–Kier alpha value is -4.91. The van der Waals surface area contributed by atoms with Crippen molar-refractivity contribution in [1.82, 2.24) is 0 Å². The Balaban J connectivity index is 0.000000545. The van der Waals surface area contributed by atoms with Gasteiger partial charge in [0.15, 0.2) is 5.92 Å². The summed E-state index contributed by atoms with van der Waals surface area (Å²) in [6.45, 7) is 3.88. The van der Waals surface area contributed by atoms with E-state index in [1.165, 1.54) is 24.3 Å². The van der Waals surface area contributed by atoms with E-state index in [0.717, 1.165) is 24.3 Å². The van der Waals surface area contributed by atoms with Crippen molar-refractivity contribution in [3.8, 4) is 12.1 Å². The fourth-order valence-corrected chi connectivity index (χ4v) is 2.12. The summed E-state index contributed by atoms with van der Waals surface area (Å²) in [5, 5.41) is 37.2. The van der Waals surface area contributed by atoms with Crippen molar-refractivity contribution in [3.05, 3.63) is 80.1 Å². The molecule has 0 aliphatic heterocycles. The van der Waals surface area contributed by atoms with E-state index in [9.17, 15) is 34.2 Å². The van der Waals surface area contributed by atoms with Gasteiger partial charge in [0.2, 0.25) is 0 Å². The summed E-state index contributed by atoms with van der Waals surface area (Å²) in [6.07, 6.45) is -0.145. The SMILES string of the molecule is CCOC(=O)C(C#N)c1ccc([N+](=O)[O-])cc1.CCOC(=O)CC#N.O=[N+]([O-])c1ccc(F)cc1. The summed E-state index contributed by atoms with van der Waals surface area (Å²) in [7, 11) is 0. The van der Waals surface area contributed by atoms with Crippen molar-refractivity contribution in [1.29, 1.82) is 10.5 Å². The number of hydrogen-bond donors (Lipinski definition) is 0. The number of hydrogen-bond acceptors (Lipinski definition) is 10. The predicted molar refractivity (Wildman–Crippen MR) is 118 cm³/mol. The van der Waals surface area contributed by atoms with E-state index in [-0.39, 0.29) is 24.4 Å². The molecule has 0 saturated heterocycles. The number of nitrogens with zero attached hydrogens (tertiary/aromatic N) is 4. The van der Waals surface area contributed by atoms with Crippen molar-refractivity contribution in [2.45, 2.75) is 26.2 Å². The van der Waals surface area contributed by atoms with Crippen LogP contribution in [0.15, 0.2) is 48.5 Å². The molecule has 2 aromatic rings. The van der Waals surface area contributed by atoms with Crippen LogP contribution in [0, 0.1) is 48.7 Å². The van der Waals surface area contributed by atoms with Crippen molar-refractivity contribution >= 4 is 23.3 Å². The maximum atomic E-state index is 12.1. The summed E-state index contributed by atoms with van der Waals surface area (Å²) in [5.74, 6) is -2.61. The molecule has 0 heterocycles. The Kier molecular flexibility index (Phi) is 14.3. The fraction of sp³-hybridized carbons (Fsp3) is 0.273. The monoisotopic (exact) mass is 488 g/mol. The number of nitro groups is 2. The highest BCUT2D eigenvalue weighted by Gasteiger charge is 2.22. The molecule has 13 heteroatoms. The highest BCUT2D eigenvalue weighted by molar-refractivity contribution is 5.81. The first kappa shape index (κ1) is 30.1. The molecule has 0 saturated carbocycles. The zero-order valence-electron chi connectivity index (χ0n) is 18.8. The van der Waals surface area contributed by atoms with Crippen LogP contribution < -0.4 is 0 Å². The zero-order chi connectivity index (χ0) is 26.8. The normalized spacial score (nSPS) is 9.86. The van der Waals surface area contributed by atoms with Gasteiger partial charge >= 0.3 is 11.9 Å². The smallest absolute Gasteiger partial charge is 0.327 e. The summed E-state index contributed by atoms with van der Waals surface area (Å²) in [4.78, 5) is 40.9. The molecule has 0 aromatic heterocycles. The molecule has 2 aromatic carbocycles. The van der Waals surface area contributed by atoms with Gasteiger partial charge in [-0.3, -0.25) is 29.8 Å². The van der Waals surface area contributed by atoms with E-state index < -0.39 is 33.5 Å². The topological polar surface area (TPSA) is 186 Å². The standard InChI is InChI=1S/C11H10N2O4.C6H4FNO2.C5H7NO2/c1-2-17-11(14)10(7-12)8-3-5-9(6-4-8)13(15)16;7-5-1-3-6(4-2-5)8(9)10;1-2-8-5(7)3-4-6/h3-6,10H,2H2,1H3;1-4H;2-3H2,1H3. The first-order chi connectivity index (χ1) is 16.6. The predicted octanol–water partition coefficient (Wildman–Crippen LogP) is 3.96. The van der Waals surface area contributed by atoms with Gasteiger partial charge in [-0.2, -0.15) is 10.5 Å². The maximum Gasteiger partial charge on any atom is 0.327 e. The van der Waals surface area contributed by atoms with Crippen molar-refractivity contribution in [3.63, 3.8) is 0 Å². The van der Waals surface area contributed by atoms with E-state index in [2.05, 4.69) is 4.74 Å². The first-order valence-electron chi connectivity index (χ1n) is 9.84. The minimum absolute atomic E-state index is 0.0886. The molecule has 0 aliphatic rings. The molecule has 0 aliphatic carbocycles. The third-order valence-corrected chi connectivity index (χ3v) is 3.65. The van der Waals surface area contributed by atoms with Crippen LogP contribution >= 0.6 is 0 Å². The largest absolute Gasteiger partial charge is 0.465 e. The Morgan fingerprint density at radius 1 is 0.914 bits per heavy atom. The van der Waals surface area contributed by atoms with Gasteiger partial charge in [-0.1, -0.05) is 12.1 Å². The Morgan fingerprint density at radius 2 is 1.37 bits per heavy atom. The van der Waals surface area contributed by atoms with Gasteiger partial charge in [0.25, 0.3) is 11.4 Å². The van der Waals surface area contributed by atoms with E-state index in [4.69, 9.17) is 15.3 Å². The van der Waals surface area contributed by atoms with Gasteiger partial charge < -0.3 is 9.47 Å². The van der Waals surface area contributed by atoms with Crippen LogP contribution in [-0.2, 0) is 19.1 Å². The molecule has 0 bridgehead atoms. The molecule has 35 heavy (non-hydrogen) atoms. The Morgan fingerprint density at radius 3 is 1.74 bits per heavy atom. The quantitative estimate of drug-likeness (QED) is 0.313. The third-order valence-electron chi connectivity index (χ3n) is 3.65. The molecule has 0 N–H and O–H groups in total. The molecular weight excluding hydrogens is 467 g/mol. The molecular formula is C22H21FN4O8. The first-order valence-corrected chi connectivity index (χ1v) is 9.84. The van der Waals surface area contributed by atoms with Crippen LogP contribution in [0.3, 0.4) is 0 Å². The van der Waals surface area contributed by atoms with E-state index >= 15 is 0 Å².